The molecule has 1 amide bonds. The highest BCUT2D eigenvalue weighted by Crippen LogP contribution is 2.24. The van der Waals surface area contributed by atoms with Gasteiger partial charge in [0, 0.05) is 44.3 Å². The molecule has 4 rings (SSSR count). The highest BCUT2D eigenvalue weighted by atomic mass is 16.3. The van der Waals surface area contributed by atoms with E-state index in [0.29, 0.717) is 11.7 Å². The molecule has 2 aliphatic heterocycles. The van der Waals surface area contributed by atoms with Crippen LogP contribution in [0.2, 0.25) is 0 Å². The monoisotopic (exact) mass is 479 g/mol. The van der Waals surface area contributed by atoms with Crippen LogP contribution < -0.4 is 5.32 Å². The van der Waals surface area contributed by atoms with E-state index in [-0.39, 0.29) is 17.4 Å². The van der Waals surface area contributed by atoms with Gasteiger partial charge in [0.2, 0.25) is 0 Å². The van der Waals surface area contributed by atoms with Gasteiger partial charge in [0.25, 0.3) is 5.91 Å². The number of amides is 1. The fraction of sp³-hybridized carbons (Fsp3) is 0.607. The fourth-order valence-corrected chi connectivity index (χ4v) is 5.18. The molecular formula is C28H41N5O2. The fourth-order valence-electron chi connectivity index (χ4n) is 5.18. The van der Waals surface area contributed by atoms with Gasteiger partial charge in [-0.3, -0.25) is 4.79 Å². The smallest absolute Gasteiger partial charge is 0.272 e. The van der Waals surface area contributed by atoms with Crippen LogP contribution in [0.5, 0.6) is 0 Å². The van der Waals surface area contributed by atoms with E-state index in [1.165, 1.54) is 17.5 Å². The summed E-state index contributed by atoms with van der Waals surface area (Å²) < 4.78 is 0. The van der Waals surface area contributed by atoms with E-state index in [4.69, 9.17) is 0 Å². The van der Waals surface area contributed by atoms with Crippen LogP contribution in [0.25, 0.3) is 0 Å². The van der Waals surface area contributed by atoms with Crippen LogP contribution >= 0.6 is 0 Å². The van der Waals surface area contributed by atoms with Gasteiger partial charge in [-0.1, -0.05) is 45.0 Å². The van der Waals surface area contributed by atoms with Gasteiger partial charge in [-0.25, -0.2) is 9.97 Å². The molecule has 0 radical (unpaired) electrons. The number of nitrogens with zero attached hydrogens (tertiary/aromatic N) is 4. The van der Waals surface area contributed by atoms with Gasteiger partial charge >= 0.3 is 0 Å². The van der Waals surface area contributed by atoms with Gasteiger partial charge in [-0.2, -0.15) is 0 Å². The lowest BCUT2D eigenvalue weighted by Crippen LogP contribution is -2.49. The Hall–Kier alpha value is -2.51. The van der Waals surface area contributed by atoms with Crippen LogP contribution in [0.15, 0.2) is 30.6 Å². The average Bonchev–Trinajstić information content (AvgIpc) is 2.85. The van der Waals surface area contributed by atoms with E-state index in [0.717, 1.165) is 76.2 Å². The Morgan fingerprint density at radius 1 is 1.03 bits per heavy atom. The molecule has 0 aliphatic carbocycles. The highest BCUT2D eigenvalue weighted by Gasteiger charge is 2.30. The Morgan fingerprint density at radius 2 is 1.69 bits per heavy atom. The molecule has 0 bridgehead atoms. The Labute approximate surface area is 210 Å². The quantitative estimate of drug-likeness (QED) is 0.656. The molecule has 0 saturated carbocycles. The SMILES string of the molecule is Cc1c(NCCc2ccc(C(C)(C)C)cc2)ncnc1C(=O)N1CCC(N2CCC(O)CC2)CC1. The first-order valence-electron chi connectivity index (χ1n) is 13.1. The summed E-state index contributed by atoms with van der Waals surface area (Å²) in [7, 11) is 0. The molecule has 35 heavy (non-hydrogen) atoms. The minimum absolute atomic E-state index is 0.00163. The van der Waals surface area contributed by atoms with Gasteiger partial charge < -0.3 is 20.2 Å². The van der Waals surface area contributed by atoms with E-state index in [1.807, 2.05) is 11.8 Å². The van der Waals surface area contributed by atoms with Crippen molar-refractivity contribution in [2.75, 3.05) is 38.0 Å². The van der Waals surface area contributed by atoms with Crippen molar-refractivity contribution in [1.29, 1.82) is 0 Å². The number of carbonyl (C=O) groups is 1. The van der Waals surface area contributed by atoms with Crippen molar-refractivity contribution < 1.29 is 9.90 Å². The number of hydrogen-bond donors (Lipinski definition) is 2. The van der Waals surface area contributed by atoms with Gasteiger partial charge in [0.05, 0.1) is 6.10 Å². The summed E-state index contributed by atoms with van der Waals surface area (Å²) in [5.74, 6) is 0.731. The predicted octanol–water partition coefficient (Wildman–Crippen LogP) is 3.80. The van der Waals surface area contributed by atoms with Crippen LogP contribution in [0.3, 0.4) is 0 Å². The van der Waals surface area contributed by atoms with Crippen LogP contribution in [-0.4, -0.2) is 75.7 Å². The number of anilines is 1. The maximum absolute atomic E-state index is 13.3. The van der Waals surface area contributed by atoms with Crippen LogP contribution in [0.1, 0.15) is 73.6 Å². The highest BCUT2D eigenvalue weighted by molar-refractivity contribution is 5.94. The molecule has 0 unspecified atom stereocenters. The van der Waals surface area contributed by atoms with Crippen molar-refractivity contribution in [3.63, 3.8) is 0 Å². The second kappa shape index (κ2) is 11.0. The van der Waals surface area contributed by atoms with Crippen LogP contribution in [0, 0.1) is 6.92 Å². The summed E-state index contributed by atoms with van der Waals surface area (Å²) in [5, 5.41) is 13.2. The van der Waals surface area contributed by atoms with E-state index in [1.54, 1.807) is 0 Å². The molecule has 3 heterocycles. The zero-order valence-corrected chi connectivity index (χ0v) is 21.8. The van der Waals surface area contributed by atoms with Crippen molar-refractivity contribution in [2.24, 2.45) is 0 Å². The normalized spacial score (nSPS) is 18.6. The van der Waals surface area contributed by atoms with Crippen molar-refractivity contribution >= 4 is 11.7 Å². The summed E-state index contributed by atoms with van der Waals surface area (Å²) in [6.45, 7) is 12.8. The lowest BCUT2D eigenvalue weighted by Gasteiger charge is -2.41. The molecule has 7 nitrogen and oxygen atoms in total. The molecule has 2 N–H and O–H groups in total. The minimum atomic E-state index is -0.148. The first-order valence-corrected chi connectivity index (χ1v) is 13.1. The van der Waals surface area contributed by atoms with Crippen molar-refractivity contribution in [1.82, 2.24) is 19.8 Å². The topological polar surface area (TPSA) is 81.6 Å². The zero-order chi connectivity index (χ0) is 25.0. The Kier molecular flexibility index (Phi) is 8.07. The number of aliphatic hydroxyl groups excluding tert-OH is 1. The Morgan fingerprint density at radius 3 is 2.31 bits per heavy atom. The second-order valence-electron chi connectivity index (χ2n) is 11.1. The molecule has 1 aromatic carbocycles. The molecule has 0 spiro atoms. The largest absolute Gasteiger partial charge is 0.393 e. The third-order valence-electron chi connectivity index (χ3n) is 7.58. The molecule has 2 aliphatic rings. The van der Waals surface area contributed by atoms with E-state index in [2.05, 4.69) is 65.2 Å². The number of hydrogen-bond acceptors (Lipinski definition) is 6. The van der Waals surface area contributed by atoms with Gasteiger partial charge in [0.1, 0.15) is 17.8 Å². The summed E-state index contributed by atoms with van der Waals surface area (Å²) in [4.78, 5) is 26.4. The maximum Gasteiger partial charge on any atom is 0.272 e. The molecule has 2 saturated heterocycles. The minimum Gasteiger partial charge on any atom is -0.393 e. The van der Waals surface area contributed by atoms with Crippen molar-refractivity contribution in [3.05, 3.63) is 53.0 Å². The molecule has 2 aromatic rings. The number of aromatic nitrogens is 2. The second-order valence-corrected chi connectivity index (χ2v) is 11.1. The number of rotatable bonds is 6. The first kappa shape index (κ1) is 25.6. The van der Waals surface area contributed by atoms with Crippen LogP contribution in [-0.2, 0) is 11.8 Å². The van der Waals surface area contributed by atoms with E-state index in [9.17, 15) is 9.90 Å². The maximum atomic E-state index is 13.3. The van der Waals surface area contributed by atoms with E-state index < -0.39 is 0 Å². The third kappa shape index (κ3) is 6.39. The van der Waals surface area contributed by atoms with Crippen molar-refractivity contribution in [3.8, 4) is 0 Å². The number of nitrogens with one attached hydrogen (secondary N) is 1. The molecule has 2 fully saturated rings. The molecule has 1 aromatic heterocycles. The summed E-state index contributed by atoms with van der Waals surface area (Å²) >= 11 is 0. The number of aliphatic hydroxyl groups is 1. The van der Waals surface area contributed by atoms with Gasteiger partial charge in [0.15, 0.2) is 0 Å². The lowest BCUT2D eigenvalue weighted by molar-refractivity contribution is 0.0355. The lowest BCUT2D eigenvalue weighted by atomic mass is 9.86. The molecule has 7 heteroatoms. The van der Waals surface area contributed by atoms with E-state index >= 15 is 0 Å². The molecular weight excluding hydrogens is 438 g/mol. The number of likely N-dealkylation sites (tertiary alicyclic amines) is 2. The zero-order valence-electron chi connectivity index (χ0n) is 21.8. The summed E-state index contributed by atoms with van der Waals surface area (Å²) in [6, 6.07) is 9.31. The van der Waals surface area contributed by atoms with Gasteiger partial charge in [-0.15, -0.1) is 0 Å². The van der Waals surface area contributed by atoms with Gasteiger partial charge in [-0.05, 0) is 55.6 Å². The molecule has 0 atom stereocenters. The first-order chi connectivity index (χ1) is 16.7. The Balaban J connectivity index is 1.30. The number of carbonyl (C=O) groups excluding carboxylic acids is 1. The summed E-state index contributed by atoms with van der Waals surface area (Å²) in [6.07, 6.45) is 5.90. The predicted molar refractivity (Wildman–Crippen MR) is 140 cm³/mol. The Bertz CT molecular complexity index is 985. The van der Waals surface area contributed by atoms with Crippen LogP contribution in [0.4, 0.5) is 5.82 Å². The standard InChI is InChI=1S/C28H41N5O2/c1-20-25(27(35)33-15-10-23(11-16-33)32-17-12-24(34)13-18-32)30-19-31-26(20)29-14-9-21-5-7-22(8-6-21)28(2,3)4/h5-8,19,23-24,34H,9-18H2,1-4H3,(H,29,30,31). The third-order valence-corrected chi connectivity index (χ3v) is 7.58. The average molecular weight is 480 g/mol. The number of benzene rings is 1. The number of piperidine rings is 2. The summed E-state index contributed by atoms with van der Waals surface area (Å²) in [5.41, 5.74) is 4.08. The molecule has 190 valence electrons. The van der Waals surface area contributed by atoms with Crippen molar-refractivity contribution in [2.45, 2.75) is 77.4 Å².